The molecule has 13 heavy (non-hydrogen) atoms. The minimum Gasteiger partial charge on any atom is -0.508 e. The van der Waals surface area contributed by atoms with E-state index in [-0.39, 0.29) is 11.7 Å². The Labute approximate surface area is 77.7 Å². The molecule has 70 valence electrons. The van der Waals surface area contributed by atoms with Crippen LogP contribution in [-0.4, -0.2) is 10.8 Å². The Bertz CT molecular complexity index is 332. The number of nitrogens with two attached hydrogens (primary N) is 1. The number of rotatable bonds is 2. The highest BCUT2D eigenvalue weighted by molar-refractivity contribution is 6.03. The fourth-order valence-corrected chi connectivity index (χ4v) is 1.11. The molecule has 0 heterocycles. The lowest BCUT2D eigenvalue weighted by molar-refractivity contribution is 0.475. The van der Waals surface area contributed by atoms with Crippen LogP contribution in [0.1, 0.15) is 19.4 Å². The number of phenols is 1. The van der Waals surface area contributed by atoms with Gasteiger partial charge in [-0.1, -0.05) is 13.8 Å². The summed E-state index contributed by atoms with van der Waals surface area (Å²) in [6.45, 7) is 3.88. The molecule has 4 N–H and O–H groups in total. The van der Waals surface area contributed by atoms with Crippen LogP contribution in [0.4, 0.5) is 5.69 Å². The van der Waals surface area contributed by atoms with Crippen LogP contribution in [-0.2, 0) is 0 Å². The fourth-order valence-electron chi connectivity index (χ4n) is 1.11. The average Bonchev–Trinajstić information content (AvgIpc) is 2.03. The zero-order valence-electron chi connectivity index (χ0n) is 7.83. The first-order chi connectivity index (χ1) is 6.02. The molecule has 0 atom stereocenters. The predicted octanol–water partition coefficient (Wildman–Crippen LogP) is 2.00. The van der Waals surface area contributed by atoms with Gasteiger partial charge in [0.25, 0.3) is 0 Å². The zero-order chi connectivity index (χ0) is 10.0. The molecule has 0 aliphatic heterocycles. The van der Waals surface area contributed by atoms with Gasteiger partial charge < -0.3 is 16.2 Å². The molecule has 0 fully saturated rings. The monoisotopic (exact) mass is 178 g/mol. The molecular weight excluding hydrogens is 164 g/mol. The maximum Gasteiger partial charge on any atom is 0.117 e. The van der Waals surface area contributed by atoms with Crippen molar-refractivity contribution in [3.63, 3.8) is 0 Å². The Balaban J connectivity index is 3.09. The lowest BCUT2D eigenvalue weighted by Gasteiger charge is -2.10. The minimum atomic E-state index is 0.137. The van der Waals surface area contributed by atoms with Crippen molar-refractivity contribution in [2.45, 2.75) is 13.8 Å². The molecule has 1 aromatic carbocycles. The number of phenolic OH excluding ortho intramolecular Hbond substituents is 1. The second-order valence-corrected chi connectivity index (χ2v) is 3.34. The summed E-state index contributed by atoms with van der Waals surface area (Å²) in [7, 11) is 0. The van der Waals surface area contributed by atoms with Gasteiger partial charge >= 0.3 is 0 Å². The van der Waals surface area contributed by atoms with Crippen molar-refractivity contribution in [2.24, 2.45) is 5.92 Å². The maximum absolute atomic E-state index is 9.11. The first-order valence-electron chi connectivity index (χ1n) is 4.19. The number of hydrogen-bond donors (Lipinski definition) is 3. The topological polar surface area (TPSA) is 70.1 Å². The van der Waals surface area contributed by atoms with Crippen molar-refractivity contribution in [3.05, 3.63) is 23.8 Å². The van der Waals surface area contributed by atoms with Crippen LogP contribution in [0.5, 0.6) is 5.75 Å². The second-order valence-electron chi connectivity index (χ2n) is 3.34. The van der Waals surface area contributed by atoms with E-state index in [2.05, 4.69) is 0 Å². The molecule has 0 radical (unpaired) electrons. The second kappa shape index (κ2) is 3.47. The van der Waals surface area contributed by atoms with Crippen molar-refractivity contribution < 1.29 is 5.11 Å². The molecule has 0 aliphatic carbocycles. The quantitative estimate of drug-likeness (QED) is 0.479. The Morgan fingerprint density at radius 3 is 2.54 bits per heavy atom. The smallest absolute Gasteiger partial charge is 0.117 e. The Kier molecular flexibility index (Phi) is 2.56. The van der Waals surface area contributed by atoms with E-state index >= 15 is 0 Å². The minimum absolute atomic E-state index is 0.137. The average molecular weight is 178 g/mol. The third kappa shape index (κ3) is 1.99. The van der Waals surface area contributed by atoms with E-state index in [0.29, 0.717) is 17.0 Å². The van der Waals surface area contributed by atoms with Crippen molar-refractivity contribution in [1.82, 2.24) is 0 Å². The van der Waals surface area contributed by atoms with E-state index in [9.17, 15) is 0 Å². The Hall–Kier alpha value is -1.51. The Morgan fingerprint density at radius 2 is 2.08 bits per heavy atom. The van der Waals surface area contributed by atoms with Gasteiger partial charge in [0.2, 0.25) is 0 Å². The number of nitrogens with one attached hydrogen (secondary N) is 1. The Morgan fingerprint density at radius 1 is 1.46 bits per heavy atom. The highest BCUT2D eigenvalue weighted by Gasteiger charge is 2.09. The molecule has 0 saturated carbocycles. The first kappa shape index (κ1) is 9.58. The summed E-state index contributed by atoms with van der Waals surface area (Å²) in [6.07, 6.45) is 0. The van der Waals surface area contributed by atoms with E-state index in [1.807, 2.05) is 13.8 Å². The van der Waals surface area contributed by atoms with Gasteiger partial charge in [0.15, 0.2) is 0 Å². The van der Waals surface area contributed by atoms with E-state index in [4.69, 9.17) is 16.2 Å². The van der Waals surface area contributed by atoms with Crippen LogP contribution in [0.2, 0.25) is 0 Å². The van der Waals surface area contributed by atoms with Gasteiger partial charge in [-0.3, -0.25) is 0 Å². The standard InChI is InChI=1S/C10H14N2O/c1-6(2)10(12)8-4-3-7(13)5-9(8)11/h3-6,12-13H,11H2,1-2H3. The summed E-state index contributed by atoms with van der Waals surface area (Å²) < 4.78 is 0. The number of anilines is 1. The van der Waals surface area contributed by atoms with Crippen LogP contribution >= 0.6 is 0 Å². The zero-order valence-corrected chi connectivity index (χ0v) is 7.83. The predicted molar refractivity (Wildman–Crippen MR) is 54.2 cm³/mol. The molecule has 1 rings (SSSR count). The highest BCUT2D eigenvalue weighted by atomic mass is 16.3. The summed E-state index contributed by atoms with van der Waals surface area (Å²) in [6, 6.07) is 4.68. The molecule has 3 nitrogen and oxygen atoms in total. The van der Waals surface area contributed by atoms with Crippen LogP contribution in [0.25, 0.3) is 0 Å². The molecule has 0 unspecified atom stereocenters. The van der Waals surface area contributed by atoms with Gasteiger partial charge in [-0.05, 0) is 18.1 Å². The molecule has 0 amide bonds. The van der Waals surface area contributed by atoms with Crippen molar-refractivity contribution in [3.8, 4) is 5.75 Å². The van der Waals surface area contributed by atoms with Gasteiger partial charge in [0.1, 0.15) is 5.75 Å². The molecule has 3 heteroatoms. The molecule has 0 bridgehead atoms. The molecule has 0 aliphatic rings. The van der Waals surface area contributed by atoms with Crippen LogP contribution in [0.15, 0.2) is 18.2 Å². The fraction of sp³-hybridized carbons (Fsp3) is 0.300. The highest BCUT2D eigenvalue weighted by Crippen LogP contribution is 2.21. The largest absolute Gasteiger partial charge is 0.508 e. The van der Waals surface area contributed by atoms with E-state index < -0.39 is 0 Å². The number of hydrogen-bond acceptors (Lipinski definition) is 3. The summed E-state index contributed by atoms with van der Waals surface area (Å²) in [4.78, 5) is 0. The SMILES string of the molecule is CC(C)C(=N)c1ccc(O)cc1N. The van der Waals surface area contributed by atoms with Crippen molar-refractivity contribution >= 4 is 11.4 Å². The van der Waals surface area contributed by atoms with Crippen LogP contribution in [0.3, 0.4) is 0 Å². The third-order valence-corrected chi connectivity index (χ3v) is 1.90. The molecule has 0 saturated heterocycles. The normalized spacial score (nSPS) is 10.4. The van der Waals surface area contributed by atoms with Crippen molar-refractivity contribution in [2.75, 3.05) is 5.73 Å². The first-order valence-corrected chi connectivity index (χ1v) is 4.19. The molecular formula is C10H14N2O. The number of nitrogen functional groups attached to an aromatic ring is 1. The van der Waals surface area contributed by atoms with E-state index in [1.54, 1.807) is 12.1 Å². The van der Waals surface area contributed by atoms with Gasteiger partial charge in [-0.25, -0.2) is 0 Å². The van der Waals surface area contributed by atoms with Crippen molar-refractivity contribution in [1.29, 1.82) is 5.41 Å². The summed E-state index contributed by atoms with van der Waals surface area (Å²) in [5.41, 5.74) is 7.32. The maximum atomic E-state index is 9.11. The lowest BCUT2D eigenvalue weighted by atomic mass is 9.99. The third-order valence-electron chi connectivity index (χ3n) is 1.90. The van der Waals surface area contributed by atoms with E-state index in [0.717, 1.165) is 0 Å². The van der Waals surface area contributed by atoms with Gasteiger partial charge in [-0.15, -0.1) is 0 Å². The van der Waals surface area contributed by atoms with Gasteiger partial charge in [-0.2, -0.15) is 0 Å². The number of aromatic hydroxyl groups is 1. The van der Waals surface area contributed by atoms with E-state index in [1.165, 1.54) is 6.07 Å². The lowest BCUT2D eigenvalue weighted by Crippen LogP contribution is -2.09. The molecule has 1 aromatic rings. The van der Waals surface area contributed by atoms with Gasteiger partial charge in [0.05, 0.1) is 0 Å². The molecule has 0 aromatic heterocycles. The summed E-state index contributed by atoms with van der Waals surface area (Å²) in [5.74, 6) is 0.282. The number of benzene rings is 1. The van der Waals surface area contributed by atoms with Crippen LogP contribution in [0, 0.1) is 11.3 Å². The molecule has 0 spiro atoms. The summed E-state index contributed by atoms with van der Waals surface area (Å²) >= 11 is 0. The van der Waals surface area contributed by atoms with Crippen LogP contribution < -0.4 is 5.73 Å². The summed E-state index contributed by atoms with van der Waals surface area (Å²) in [5, 5.41) is 16.8. The van der Waals surface area contributed by atoms with Gasteiger partial charge in [0, 0.05) is 23.0 Å².